The highest BCUT2D eigenvalue weighted by molar-refractivity contribution is 7.89. The van der Waals surface area contributed by atoms with E-state index in [1.165, 1.54) is 6.07 Å². The molecule has 0 N–H and O–H groups in total. The molecule has 0 bridgehead atoms. The van der Waals surface area contributed by atoms with Crippen molar-refractivity contribution in [1.82, 2.24) is 23.7 Å². The van der Waals surface area contributed by atoms with Gasteiger partial charge in [0.1, 0.15) is 11.6 Å². The van der Waals surface area contributed by atoms with Crippen LogP contribution in [0.25, 0.3) is 11.0 Å². The van der Waals surface area contributed by atoms with Crippen molar-refractivity contribution < 1.29 is 12.8 Å². The first kappa shape index (κ1) is 24.4. The standard InChI is InChI=1S/C26H34FN5O2S/c1-2-32-25-11-10-22(35(33,34)31-12-6-3-7-13-31)18-24(25)28-26(32)20-30-16-14-29(15-17-30)19-21-8-4-5-9-23(21)27/h4-5,8-11,18H,2-3,6-7,12-17,19-20H2,1H3. The van der Waals surface area contributed by atoms with Gasteiger partial charge in [0.2, 0.25) is 10.0 Å². The molecule has 0 amide bonds. The lowest BCUT2D eigenvalue weighted by atomic mass is 10.2. The van der Waals surface area contributed by atoms with E-state index in [4.69, 9.17) is 4.98 Å². The Labute approximate surface area is 207 Å². The van der Waals surface area contributed by atoms with Crippen molar-refractivity contribution in [1.29, 1.82) is 0 Å². The number of fused-ring (bicyclic) bond motifs is 1. The number of piperidine rings is 1. The third kappa shape index (κ3) is 5.14. The third-order valence-corrected chi connectivity index (χ3v) is 9.14. The number of hydrogen-bond acceptors (Lipinski definition) is 5. The number of aryl methyl sites for hydroxylation is 1. The number of benzene rings is 2. The fourth-order valence-corrected chi connectivity index (χ4v) is 6.76. The van der Waals surface area contributed by atoms with Gasteiger partial charge in [0.25, 0.3) is 0 Å². The second kappa shape index (κ2) is 10.3. The molecule has 0 spiro atoms. The highest BCUT2D eigenvalue weighted by atomic mass is 32.2. The van der Waals surface area contributed by atoms with Crippen LogP contribution in [0.4, 0.5) is 4.39 Å². The van der Waals surface area contributed by atoms with Crippen molar-refractivity contribution in [2.45, 2.75) is 50.7 Å². The zero-order valence-electron chi connectivity index (χ0n) is 20.4. The Kier molecular flexibility index (Phi) is 7.20. The summed E-state index contributed by atoms with van der Waals surface area (Å²) in [7, 11) is -3.48. The van der Waals surface area contributed by atoms with E-state index in [-0.39, 0.29) is 5.82 Å². The fourth-order valence-electron chi connectivity index (χ4n) is 5.22. The minimum atomic E-state index is -3.48. The summed E-state index contributed by atoms with van der Waals surface area (Å²) in [6, 6.07) is 12.3. The summed E-state index contributed by atoms with van der Waals surface area (Å²) >= 11 is 0. The van der Waals surface area contributed by atoms with Crippen LogP contribution in [-0.4, -0.2) is 71.3 Å². The van der Waals surface area contributed by atoms with Gasteiger partial charge in [-0.05, 0) is 44.0 Å². The lowest BCUT2D eigenvalue weighted by Gasteiger charge is -2.34. The monoisotopic (exact) mass is 499 g/mol. The summed E-state index contributed by atoms with van der Waals surface area (Å²) < 4.78 is 44.1. The van der Waals surface area contributed by atoms with Gasteiger partial charge in [-0.3, -0.25) is 9.80 Å². The maximum absolute atomic E-state index is 14.0. The maximum Gasteiger partial charge on any atom is 0.243 e. The molecule has 7 nitrogen and oxygen atoms in total. The molecule has 9 heteroatoms. The van der Waals surface area contributed by atoms with E-state index in [2.05, 4.69) is 21.3 Å². The molecule has 0 aliphatic carbocycles. The molecule has 0 atom stereocenters. The van der Waals surface area contributed by atoms with Crippen LogP contribution in [0.3, 0.4) is 0 Å². The van der Waals surface area contributed by atoms with Gasteiger partial charge < -0.3 is 4.57 Å². The molecule has 188 valence electrons. The highest BCUT2D eigenvalue weighted by Gasteiger charge is 2.27. The van der Waals surface area contributed by atoms with Crippen LogP contribution in [-0.2, 0) is 29.7 Å². The first-order chi connectivity index (χ1) is 17.0. The van der Waals surface area contributed by atoms with Crippen LogP contribution in [0, 0.1) is 5.82 Å². The third-order valence-electron chi connectivity index (χ3n) is 7.25. The lowest BCUT2D eigenvalue weighted by Crippen LogP contribution is -2.45. The molecule has 2 fully saturated rings. The molecule has 0 saturated carbocycles. The first-order valence-corrected chi connectivity index (χ1v) is 14.1. The summed E-state index contributed by atoms with van der Waals surface area (Å²) in [6.07, 6.45) is 2.93. The predicted molar refractivity (Wildman–Crippen MR) is 135 cm³/mol. The smallest absolute Gasteiger partial charge is 0.243 e. The average molecular weight is 500 g/mol. The molecule has 2 aromatic carbocycles. The number of sulfonamides is 1. The molecule has 2 saturated heterocycles. The molecular weight excluding hydrogens is 465 g/mol. The molecule has 1 aromatic heterocycles. The van der Waals surface area contributed by atoms with Crippen molar-refractivity contribution in [2.24, 2.45) is 0 Å². The number of nitrogens with zero attached hydrogens (tertiary/aromatic N) is 5. The van der Waals surface area contributed by atoms with E-state index in [0.717, 1.165) is 74.4 Å². The van der Waals surface area contributed by atoms with Gasteiger partial charge in [-0.1, -0.05) is 24.6 Å². The second-order valence-electron chi connectivity index (χ2n) is 9.53. The minimum Gasteiger partial charge on any atom is -0.327 e. The normalized spacial score (nSPS) is 18.9. The van der Waals surface area contributed by atoms with E-state index < -0.39 is 10.0 Å². The van der Waals surface area contributed by atoms with E-state index in [1.54, 1.807) is 22.5 Å². The number of piperazine rings is 1. The van der Waals surface area contributed by atoms with Gasteiger partial charge >= 0.3 is 0 Å². The number of halogens is 1. The van der Waals surface area contributed by atoms with Crippen LogP contribution < -0.4 is 0 Å². The maximum atomic E-state index is 14.0. The summed E-state index contributed by atoms with van der Waals surface area (Å²) in [6.45, 7) is 8.92. The molecule has 2 aliphatic rings. The second-order valence-corrected chi connectivity index (χ2v) is 11.5. The van der Waals surface area contributed by atoms with Crippen molar-refractivity contribution >= 4 is 21.1 Å². The average Bonchev–Trinajstić information content (AvgIpc) is 3.23. The largest absolute Gasteiger partial charge is 0.327 e. The van der Waals surface area contributed by atoms with E-state index in [1.807, 2.05) is 18.2 Å². The SMILES string of the molecule is CCn1c(CN2CCN(Cc3ccccc3F)CC2)nc2cc(S(=O)(=O)N3CCCCC3)ccc21. The Hall–Kier alpha value is -2.33. The van der Waals surface area contributed by atoms with Crippen molar-refractivity contribution in [3.8, 4) is 0 Å². The van der Waals surface area contributed by atoms with Gasteiger partial charge in [-0.15, -0.1) is 0 Å². The van der Waals surface area contributed by atoms with Gasteiger partial charge in [-0.25, -0.2) is 17.8 Å². The molecule has 3 heterocycles. The number of aromatic nitrogens is 2. The van der Waals surface area contributed by atoms with E-state index in [9.17, 15) is 12.8 Å². The Bertz CT molecular complexity index is 1280. The Morgan fingerprint density at radius 3 is 2.26 bits per heavy atom. The number of imidazole rings is 1. The minimum absolute atomic E-state index is 0.145. The van der Waals surface area contributed by atoms with Crippen molar-refractivity contribution in [3.05, 3.63) is 59.7 Å². The van der Waals surface area contributed by atoms with Crippen LogP contribution >= 0.6 is 0 Å². The number of hydrogen-bond donors (Lipinski definition) is 0. The Morgan fingerprint density at radius 2 is 1.57 bits per heavy atom. The molecule has 35 heavy (non-hydrogen) atoms. The van der Waals surface area contributed by atoms with Gasteiger partial charge in [0, 0.05) is 57.9 Å². The van der Waals surface area contributed by atoms with Gasteiger partial charge in [0.15, 0.2) is 0 Å². The van der Waals surface area contributed by atoms with Gasteiger partial charge in [0.05, 0.1) is 22.5 Å². The zero-order valence-corrected chi connectivity index (χ0v) is 21.2. The predicted octanol–water partition coefficient (Wildman–Crippen LogP) is 3.69. The topological polar surface area (TPSA) is 61.7 Å². The van der Waals surface area contributed by atoms with Crippen molar-refractivity contribution in [2.75, 3.05) is 39.3 Å². The first-order valence-electron chi connectivity index (χ1n) is 12.6. The number of rotatable bonds is 7. The lowest BCUT2D eigenvalue weighted by molar-refractivity contribution is 0.118. The van der Waals surface area contributed by atoms with Gasteiger partial charge in [-0.2, -0.15) is 4.31 Å². The van der Waals surface area contributed by atoms with E-state index >= 15 is 0 Å². The zero-order chi connectivity index (χ0) is 24.4. The Morgan fingerprint density at radius 1 is 0.886 bits per heavy atom. The van der Waals surface area contributed by atoms with Crippen LogP contribution in [0.1, 0.15) is 37.6 Å². The highest BCUT2D eigenvalue weighted by Crippen LogP contribution is 2.26. The van der Waals surface area contributed by atoms with Crippen LogP contribution in [0.2, 0.25) is 0 Å². The fraction of sp³-hybridized carbons (Fsp3) is 0.500. The van der Waals surface area contributed by atoms with Crippen LogP contribution in [0.5, 0.6) is 0 Å². The summed E-state index contributed by atoms with van der Waals surface area (Å²) in [4.78, 5) is 9.86. The molecular formula is C26H34FN5O2S. The summed E-state index contributed by atoms with van der Waals surface area (Å²) in [5, 5.41) is 0. The molecule has 2 aliphatic heterocycles. The van der Waals surface area contributed by atoms with Crippen molar-refractivity contribution in [3.63, 3.8) is 0 Å². The van der Waals surface area contributed by atoms with E-state index in [0.29, 0.717) is 31.1 Å². The van der Waals surface area contributed by atoms with Crippen LogP contribution in [0.15, 0.2) is 47.4 Å². The molecule has 3 aromatic rings. The summed E-state index contributed by atoms with van der Waals surface area (Å²) in [5.74, 6) is 0.811. The molecule has 5 rings (SSSR count). The summed E-state index contributed by atoms with van der Waals surface area (Å²) in [5.41, 5.74) is 2.44. The molecule has 0 unspecified atom stereocenters. The quantitative estimate of drug-likeness (QED) is 0.496. The Balaban J connectivity index is 1.28. The molecule has 0 radical (unpaired) electrons.